The lowest BCUT2D eigenvalue weighted by atomic mass is 10.2. The molecule has 0 aliphatic rings. The van der Waals surface area contributed by atoms with Crippen LogP contribution in [0.4, 0.5) is 4.39 Å². The number of rotatable bonds is 4. The summed E-state index contributed by atoms with van der Waals surface area (Å²) in [6, 6.07) is 9.94. The average Bonchev–Trinajstić information content (AvgIpc) is 2.42. The fourth-order valence-electron chi connectivity index (χ4n) is 1.63. The van der Waals surface area contributed by atoms with Crippen molar-refractivity contribution < 1.29 is 18.5 Å². The van der Waals surface area contributed by atoms with Gasteiger partial charge in [0.05, 0.1) is 22.1 Å². The van der Waals surface area contributed by atoms with Crippen molar-refractivity contribution in [3.05, 3.63) is 64.4 Å². The van der Waals surface area contributed by atoms with Crippen LogP contribution in [0, 0.1) is 5.82 Å². The van der Waals surface area contributed by atoms with E-state index >= 15 is 0 Å². The van der Waals surface area contributed by atoms with E-state index in [0.717, 1.165) is 6.07 Å². The predicted molar refractivity (Wildman–Crippen MR) is 74.9 cm³/mol. The van der Waals surface area contributed by atoms with Crippen LogP contribution in [-0.4, -0.2) is 15.3 Å². The van der Waals surface area contributed by atoms with Crippen molar-refractivity contribution in [1.29, 1.82) is 0 Å². The summed E-state index contributed by atoms with van der Waals surface area (Å²) in [6.45, 7) is 0. The standard InChI is InChI=1S/C14H10ClFO3S/c15-11-5-4-10(13(16)7-11)8-20(19)12-3-1-2-9(6-12)14(17)18/h1-7H,8H2,(H,17,18). The van der Waals surface area contributed by atoms with Crippen molar-refractivity contribution >= 4 is 28.4 Å². The molecular formula is C14H10ClFO3S. The molecule has 1 unspecified atom stereocenters. The summed E-state index contributed by atoms with van der Waals surface area (Å²) in [5, 5.41) is 9.15. The summed E-state index contributed by atoms with van der Waals surface area (Å²) in [5.41, 5.74) is 0.320. The molecule has 3 nitrogen and oxygen atoms in total. The van der Waals surface area contributed by atoms with E-state index in [0.29, 0.717) is 4.90 Å². The van der Waals surface area contributed by atoms with Crippen LogP contribution in [0.5, 0.6) is 0 Å². The number of carboxylic acid groups (broad SMARTS) is 1. The molecule has 0 aliphatic carbocycles. The zero-order valence-electron chi connectivity index (χ0n) is 10.2. The van der Waals surface area contributed by atoms with Gasteiger partial charge in [-0.15, -0.1) is 0 Å². The van der Waals surface area contributed by atoms with Crippen molar-refractivity contribution in [3.8, 4) is 0 Å². The number of carboxylic acids is 1. The second kappa shape index (κ2) is 6.15. The quantitative estimate of drug-likeness (QED) is 0.940. The van der Waals surface area contributed by atoms with Crippen LogP contribution in [0.25, 0.3) is 0 Å². The highest BCUT2D eigenvalue weighted by atomic mass is 35.5. The largest absolute Gasteiger partial charge is 0.478 e. The summed E-state index contributed by atoms with van der Waals surface area (Å²) >= 11 is 5.64. The van der Waals surface area contributed by atoms with Gasteiger partial charge in [0.15, 0.2) is 0 Å². The Hall–Kier alpha value is -1.72. The van der Waals surface area contributed by atoms with E-state index in [-0.39, 0.29) is 21.9 Å². The Bertz CT molecular complexity index is 688. The molecule has 0 aliphatic heterocycles. The predicted octanol–water partition coefficient (Wildman–Crippen LogP) is 3.49. The highest BCUT2D eigenvalue weighted by Crippen LogP contribution is 2.19. The number of aromatic carboxylic acids is 1. The molecule has 104 valence electrons. The molecule has 2 rings (SSSR count). The minimum Gasteiger partial charge on any atom is -0.478 e. The highest BCUT2D eigenvalue weighted by molar-refractivity contribution is 7.84. The van der Waals surface area contributed by atoms with Crippen molar-refractivity contribution in [1.82, 2.24) is 0 Å². The molecular weight excluding hydrogens is 303 g/mol. The Morgan fingerprint density at radius 1 is 1.25 bits per heavy atom. The van der Waals surface area contributed by atoms with E-state index in [1.807, 2.05) is 0 Å². The summed E-state index contributed by atoms with van der Waals surface area (Å²) in [7, 11) is -1.52. The Labute approximate surface area is 122 Å². The lowest BCUT2D eigenvalue weighted by molar-refractivity contribution is 0.0696. The molecule has 2 aromatic carbocycles. The monoisotopic (exact) mass is 312 g/mol. The molecule has 1 N–H and O–H groups in total. The van der Waals surface area contributed by atoms with Gasteiger partial charge in [-0.2, -0.15) is 0 Å². The Morgan fingerprint density at radius 2 is 2.00 bits per heavy atom. The van der Waals surface area contributed by atoms with Gasteiger partial charge in [-0.3, -0.25) is 4.21 Å². The van der Waals surface area contributed by atoms with Gasteiger partial charge < -0.3 is 5.11 Å². The molecule has 20 heavy (non-hydrogen) atoms. The number of hydrogen-bond acceptors (Lipinski definition) is 2. The van der Waals surface area contributed by atoms with E-state index in [4.69, 9.17) is 16.7 Å². The van der Waals surface area contributed by atoms with Crippen molar-refractivity contribution in [2.24, 2.45) is 0 Å². The van der Waals surface area contributed by atoms with Crippen LogP contribution in [0.15, 0.2) is 47.4 Å². The summed E-state index contributed by atoms with van der Waals surface area (Å²) in [6.07, 6.45) is 0. The van der Waals surface area contributed by atoms with E-state index < -0.39 is 22.6 Å². The van der Waals surface area contributed by atoms with E-state index in [1.54, 1.807) is 6.07 Å². The Morgan fingerprint density at radius 3 is 2.65 bits per heavy atom. The van der Waals surface area contributed by atoms with Crippen LogP contribution < -0.4 is 0 Å². The maximum absolute atomic E-state index is 13.6. The van der Waals surface area contributed by atoms with Crippen LogP contribution >= 0.6 is 11.6 Å². The third-order valence-corrected chi connectivity index (χ3v) is 4.23. The van der Waals surface area contributed by atoms with Crippen LogP contribution in [0.2, 0.25) is 5.02 Å². The van der Waals surface area contributed by atoms with E-state index in [1.165, 1.54) is 30.3 Å². The first-order valence-electron chi connectivity index (χ1n) is 5.63. The third kappa shape index (κ3) is 3.43. The Kier molecular flexibility index (Phi) is 4.52. The van der Waals surface area contributed by atoms with E-state index in [9.17, 15) is 13.4 Å². The van der Waals surface area contributed by atoms with Crippen molar-refractivity contribution in [3.63, 3.8) is 0 Å². The molecule has 0 saturated carbocycles. The van der Waals surface area contributed by atoms with Crippen LogP contribution in [0.3, 0.4) is 0 Å². The molecule has 0 amide bonds. The third-order valence-electron chi connectivity index (χ3n) is 2.65. The molecule has 0 bridgehead atoms. The molecule has 2 aromatic rings. The zero-order chi connectivity index (χ0) is 14.7. The van der Waals surface area contributed by atoms with Gasteiger partial charge in [-0.1, -0.05) is 23.7 Å². The minimum absolute atomic E-state index is 0.0356. The average molecular weight is 313 g/mol. The maximum atomic E-state index is 13.6. The number of hydrogen-bond donors (Lipinski definition) is 1. The number of carbonyl (C=O) groups is 1. The summed E-state index contributed by atoms with van der Waals surface area (Å²) in [5.74, 6) is -1.66. The first-order valence-corrected chi connectivity index (χ1v) is 7.33. The fraction of sp³-hybridized carbons (Fsp3) is 0.0714. The molecule has 6 heteroatoms. The molecule has 0 radical (unpaired) electrons. The van der Waals surface area contributed by atoms with Crippen molar-refractivity contribution in [2.75, 3.05) is 0 Å². The van der Waals surface area contributed by atoms with Gasteiger partial charge in [0.25, 0.3) is 0 Å². The van der Waals surface area contributed by atoms with Crippen LogP contribution in [-0.2, 0) is 16.6 Å². The topological polar surface area (TPSA) is 54.4 Å². The molecule has 0 saturated heterocycles. The lowest BCUT2D eigenvalue weighted by Crippen LogP contribution is -2.02. The minimum atomic E-state index is -1.52. The first-order chi connectivity index (χ1) is 9.47. The molecule has 1 atom stereocenters. The fourth-order valence-corrected chi connectivity index (χ4v) is 2.96. The second-order valence-corrected chi connectivity index (χ2v) is 5.95. The lowest BCUT2D eigenvalue weighted by Gasteiger charge is -2.05. The molecule has 0 heterocycles. The smallest absolute Gasteiger partial charge is 0.335 e. The summed E-state index contributed by atoms with van der Waals surface area (Å²) < 4.78 is 25.8. The molecule has 0 aromatic heterocycles. The molecule has 0 spiro atoms. The van der Waals surface area contributed by atoms with Crippen LogP contribution in [0.1, 0.15) is 15.9 Å². The number of halogens is 2. The summed E-state index contributed by atoms with van der Waals surface area (Å²) in [4.78, 5) is 11.2. The maximum Gasteiger partial charge on any atom is 0.335 e. The van der Waals surface area contributed by atoms with Gasteiger partial charge in [0.2, 0.25) is 0 Å². The van der Waals surface area contributed by atoms with Crippen molar-refractivity contribution in [2.45, 2.75) is 10.6 Å². The highest BCUT2D eigenvalue weighted by Gasteiger charge is 2.11. The van der Waals surface area contributed by atoms with Gasteiger partial charge in [-0.05, 0) is 30.3 Å². The van der Waals surface area contributed by atoms with Gasteiger partial charge >= 0.3 is 5.97 Å². The number of benzene rings is 2. The normalized spacial score (nSPS) is 12.1. The van der Waals surface area contributed by atoms with Gasteiger partial charge in [0, 0.05) is 15.5 Å². The van der Waals surface area contributed by atoms with Gasteiger partial charge in [0.1, 0.15) is 5.82 Å². The Balaban J connectivity index is 2.24. The second-order valence-electron chi connectivity index (χ2n) is 4.06. The molecule has 0 fully saturated rings. The SMILES string of the molecule is O=C(O)c1cccc(S(=O)Cc2ccc(Cl)cc2F)c1. The van der Waals surface area contributed by atoms with Gasteiger partial charge in [-0.25, -0.2) is 9.18 Å². The van der Waals surface area contributed by atoms with E-state index in [2.05, 4.69) is 0 Å². The first kappa shape index (κ1) is 14.7. The zero-order valence-corrected chi connectivity index (χ0v) is 11.7.